The van der Waals surface area contributed by atoms with Crippen molar-refractivity contribution in [3.63, 3.8) is 0 Å². The van der Waals surface area contributed by atoms with Gasteiger partial charge in [0.2, 0.25) is 0 Å². The Morgan fingerprint density at radius 2 is 1.92 bits per heavy atom. The van der Waals surface area contributed by atoms with E-state index in [-0.39, 0.29) is 17.5 Å². The van der Waals surface area contributed by atoms with Gasteiger partial charge in [0.15, 0.2) is 0 Å². The molecular weight excluding hydrogens is 316 g/mol. The van der Waals surface area contributed by atoms with Crippen molar-refractivity contribution in [1.29, 1.82) is 0 Å². The van der Waals surface area contributed by atoms with Crippen LogP contribution in [0.3, 0.4) is 0 Å². The summed E-state index contributed by atoms with van der Waals surface area (Å²) in [6, 6.07) is 3.83. The van der Waals surface area contributed by atoms with Gasteiger partial charge in [-0.25, -0.2) is 4.68 Å². The van der Waals surface area contributed by atoms with Crippen LogP contribution in [0.1, 0.15) is 62.9 Å². The maximum Gasteiger partial charge on any atom is 0.274 e. The number of amides is 1. The molecule has 0 bridgehead atoms. The molecule has 0 spiro atoms. The minimum atomic E-state index is -0.129. The van der Waals surface area contributed by atoms with Crippen LogP contribution >= 0.6 is 0 Å². The van der Waals surface area contributed by atoms with E-state index in [0.29, 0.717) is 18.3 Å². The first kappa shape index (κ1) is 18.1. The molecule has 0 aromatic carbocycles. The second kappa shape index (κ2) is 8.13. The average molecular weight is 346 g/mol. The lowest BCUT2D eigenvalue weighted by atomic mass is 10.0. The highest BCUT2D eigenvalue weighted by molar-refractivity contribution is 5.92. The van der Waals surface area contributed by atoms with Crippen LogP contribution in [0.15, 0.2) is 16.9 Å². The van der Waals surface area contributed by atoms with Crippen LogP contribution in [-0.2, 0) is 6.54 Å². The number of hydrogen-bond donors (Lipinski definition) is 0. The van der Waals surface area contributed by atoms with E-state index in [4.69, 9.17) is 0 Å². The molecule has 1 aromatic heterocycles. The number of carbonyl (C=O) groups is 1. The molecule has 0 N–H and O–H groups in total. The van der Waals surface area contributed by atoms with Crippen molar-refractivity contribution in [3.05, 3.63) is 28.2 Å². The van der Waals surface area contributed by atoms with Gasteiger partial charge in [-0.05, 0) is 51.3 Å². The maximum atomic E-state index is 13.1. The zero-order valence-electron chi connectivity index (χ0n) is 15.5. The van der Waals surface area contributed by atoms with E-state index in [2.05, 4.69) is 23.8 Å². The third-order valence-electron chi connectivity index (χ3n) is 5.63. The van der Waals surface area contributed by atoms with Gasteiger partial charge in [-0.2, -0.15) is 5.10 Å². The Labute approximate surface area is 149 Å². The molecule has 2 fully saturated rings. The number of hydrogen-bond acceptors (Lipinski definition) is 4. The van der Waals surface area contributed by atoms with Crippen LogP contribution in [0.5, 0.6) is 0 Å². The Bertz CT molecular complexity index is 657. The molecule has 2 atom stereocenters. The summed E-state index contributed by atoms with van der Waals surface area (Å²) in [5.41, 5.74) is 0.277. The normalized spacial score (nSPS) is 24.2. The Kier molecular flexibility index (Phi) is 5.89. The summed E-state index contributed by atoms with van der Waals surface area (Å²) in [7, 11) is 0. The van der Waals surface area contributed by atoms with Gasteiger partial charge in [0.05, 0.1) is 0 Å². The maximum absolute atomic E-state index is 13.1. The molecule has 6 heteroatoms. The first-order valence-corrected chi connectivity index (χ1v) is 9.79. The Hall–Kier alpha value is -1.69. The third kappa shape index (κ3) is 3.78. The molecule has 0 aliphatic carbocycles. The van der Waals surface area contributed by atoms with Crippen LogP contribution in [0.25, 0.3) is 0 Å². The van der Waals surface area contributed by atoms with Crippen molar-refractivity contribution in [1.82, 2.24) is 19.6 Å². The third-order valence-corrected chi connectivity index (χ3v) is 5.63. The first-order chi connectivity index (χ1) is 12.2. The van der Waals surface area contributed by atoms with E-state index in [9.17, 15) is 9.59 Å². The summed E-state index contributed by atoms with van der Waals surface area (Å²) in [4.78, 5) is 29.5. The highest BCUT2D eigenvalue weighted by Gasteiger charge is 2.39. The van der Waals surface area contributed by atoms with Crippen LogP contribution in [-0.4, -0.2) is 57.2 Å². The van der Waals surface area contributed by atoms with Crippen LogP contribution in [0, 0.1) is 0 Å². The van der Waals surface area contributed by atoms with Crippen molar-refractivity contribution in [2.24, 2.45) is 0 Å². The second-order valence-corrected chi connectivity index (χ2v) is 7.18. The topological polar surface area (TPSA) is 58.4 Å². The minimum absolute atomic E-state index is 0.0179. The first-order valence-electron chi connectivity index (χ1n) is 9.79. The summed E-state index contributed by atoms with van der Waals surface area (Å²) < 4.78 is 1.44. The largest absolute Gasteiger partial charge is 0.333 e. The van der Waals surface area contributed by atoms with E-state index in [1.807, 2.05) is 4.90 Å². The molecule has 6 nitrogen and oxygen atoms in total. The quantitative estimate of drug-likeness (QED) is 0.792. The number of unbranched alkanes of at least 4 members (excludes halogenated alkanes) is 1. The molecule has 2 aliphatic rings. The number of aryl methyl sites for hydroxylation is 1. The molecule has 3 rings (SSSR count). The van der Waals surface area contributed by atoms with E-state index in [1.165, 1.54) is 23.6 Å². The molecule has 3 heterocycles. The number of likely N-dealkylation sites (N-methyl/N-ethyl adjacent to an activating group) is 1. The predicted molar refractivity (Wildman–Crippen MR) is 97.7 cm³/mol. The van der Waals surface area contributed by atoms with Gasteiger partial charge >= 0.3 is 0 Å². The molecule has 0 unspecified atom stereocenters. The number of aromatic nitrogens is 2. The fourth-order valence-electron chi connectivity index (χ4n) is 4.30. The standard InChI is InChI=1S/C19H30N4O2/c1-3-5-14-23-18(24)11-10-15(20-23)19(25)22-13-7-9-17(22)16-8-6-12-21(16)4-2/h10-11,16-17H,3-9,12-14H2,1-2H3/t16-,17-/m1/s1. The lowest BCUT2D eigenvalue weighted by Crippen LogP contribution is -2.48. The van der Waals surface area contributed by atoms with Gasteiger partial charge in [-0.3, -0.25) is 14.5 Å². The van der Waals surface area contributed by atoms with Gasteiger partial charge in [0.1, 0.15) is 5.69 Å². The predicted octanol–water partition coefficient (Wildman–Crippen LogP) is 2.13. The highest BCUT2D eigenvalue weighted by Crippen LogP contribution is 2.30. The van der Waals surface area contributed by atoms with E-state index >= 15 is 0 Å². The summed E-state index contributed by atoms with van der Waals surface area (Å²) in [5, 5.41) is 4.35. The zero-order chi connectivity index (χ0) is 17.8. The Morgan fingerprint density at radius 1 is 1.16 bits per heavy atom. The molecule has 0 saturated carbocycles. The Morgan fingerprint density at radius 3 is 2.68 bits per heavy atom. The van der Waals surface area contributed by atoms with Gasteiger partial charge in [-0.15, -0.1) is 0 Å². The lowest BCUT2D eigenvalue weighted by Gasteiger charge is -2.34. The molecule has 25 heavy (non-hydrogen) atoms. The SMILES string of the molecule is CCCCn1nc(C(=O)N2CCC[C@@H]2[C@H]2CCCN2CC)ccc1=O. The number of likely N-dealkylation sites (tertiary alicyclic amines) is 2. The summed E-state index contributed by atoms with van der Waals surface area (Å²) in [6.45, 7) is 7.84. The van der Waals surface area contributed by atoms with E-state index < -0.39 is 0 Å². The van der Waals surface area contributed by atoms with Gasteiger partial charge in [0.25, 0.3) is 11.5 Å². The molecule has 138 valence electrons. The molecule has 1 amide bonds. The molecule has 2 aliphatic heterocycles. The van der Waals surface area contributed by atoms with Crippen molar-refractivity contribution in [3.8, 4) is 0 Å². The average Bonchev–Trinajstić information content (AvgIpc) is 3.28. The molecule has 2 saturated heterocycles. The van der Waals surface area contributed by atoms with Crippen molar-refractivity contribution in [2.75, 3.05) is 19.6 Å². The van der Waals surface area contributed by atoms with Crippen molar-refractivity contribution >= 4 is 5.91 Å². The van der Waals surface area contributed by atoms with E-state index in [0.717, 1.165) is 45.3 Å². The highest BCUT2D eigenvalue weighted by atomic mass is 16.2. The lowest BCUT2D eigenvalue weighted by molar-refractivity contribution is 0.0641. The Balaban J connectivity index is 1.78. The monoisotopic (exact) mass is 346 g/mol. The van der Waals surface area contributed by atoms with Crippen molar-refractivity contribution in [2.45, 2.75) is 71.0 Å². The van der Waals surface area contributed by atoms with Gasteiger partial charge in [-0.1, -0.05) is 20.3 Å². The van der Waals surface area contributed by atoms with Gasteiger partial charge < -0.3 is 4.90 Å². The van der Waals surface area contributed by atoms with Crippen LogP contribution in [0.4, 0.5) is 0 Å². The fourth-order valence-corrected chi connectivity index (χ4v) is 4.30. The van der Waals surface area contributed by atoms with Gasteiger partial charge in [0, 0.05) is 31.2 Å². The van der Waals surface area contributed by atoms with Crippen molar-refractivity contribution < 1.29 is 4.79 Å². The molecule has 0 radical (unpaired) electrons. The minimum Gasteiger partial charge on any atom is -0.333 e. The summed E-state index contributed by atoms with van der Waals surface area (Å²) in [6.07, 6.45) is 6.41. The second-order valence-electron chi connectivity index (χ2n) is 7.18. The number of carbonyl (C=O) groups excluding carboxylic acids is 1. The van der Waals surface area contributed by atoms with Crippen LogP contribution in [0.2, 0.25) is 0 Å². The number of nitrogens with zero attached hydrogens (tertiary/aromatic N) is 4. The van der Waals surface area contributed by atoms with Crippen LogP contribution < -0.4 is 5.56 Å². The molecule has 1 aromatic rings. The smallest absolute Gasteiger partial charge is 0.274 e. The molecular formula is C19H30N4O2. The summed E-state index contributed by atoms with van der Waals surface area (Å²) >= 11 is 0. The summed E-state index contributed by atoms with van der Waals surface area (Å²) in [5.74, 6) is -0.0179. The zero-order valence-corrected chi connectivity index (χ0v) is 15.5. The number of rotatable bonds is 6. The van der Waals surface area contributed by atoms with E-state index in [1.54, 1.807) is 6.07 Å². The fraction of sp³-hybridized carbons (Fsp3) is 0.737.